The Labute approximate surface area is 111 Å². The molecule has 2 aromatic rings. The van der Waals surface area contributed by atoms with Crippen LogP contribution in [0.2, 0.25) is 5.02 Å². The summed E-state index contributed by atoms with van der Waals surface area (Å²) in [6.45, 7) is 2.02. The first-order chi connectivity index (χ1) is 8.19. The average Bonchev–Trinajstić information content (AvgIpc) is 2.29. The highest BCUT2D eigenvalue weighted by Crippen LogP contribution is 2.27. The second kappa shape index (κ2) is 5.44. The lowest BCUT2D eigenvalue weighted by atomic mass is 10.2. The van der Waals surface area contributed by atoms with E-state index in [0.717, 1.165) is 22.6 Å². The molecule has 0 aliphatic rings. The van der Waals surface area contributed by atoms with Gasteiger partial charge in [-0.3, -0.25) is 0 Å². The van der Waals surface area contributed by atoms with Crippen LogP contribution in [0, 0.1) is 6.92 Å². The number of rotatable bonds is 3. The van der Waals surface area contributed by atoms with E-state index in [4.69, 9.17) is 27.9 Å². The predicted octanol–water partition coefficient (Wildman–Crippen LogP) is 5.18. The molecule has 0 aliphatic heterocycles. The van der Waals surface area contributed by atoms with E-state index >= 15 is 0 Å². The number of hydrogen-bond acceptors (Lipinski definition) is 1. The Morgan fingerprint density at radius 1 is 1.06 bits per heavy atom. The van der Waals surface area contributed by atoms with E-state index in [1.54, 1.807) is 6.07 Å². The van der Waals surface area contributed by atoms with Crippen LogP contribution in [0.1, 0.15) is 11.1 Å². The fourth-order valence-electron chi connectivity index (χ4n) is 1.51. The van der Waals surface area contributed by atoms with E-state index in [2.05, 4.69) is 0 Å². The van der Waals surface area contributed by atoms with Gasteiger partial charge >= 0.3 is 0 Å². The van der Waals surface area contributed by atoms with E-state index in [-0.39, 0.29) is 0 Å². The smallest absolute Gasteiger partial charge is 0.128 e. The predicted molar refractivity (Wildman–Crippen MR) is 72.3 cm³/mol. The molecule has 0 bridgehead atoms. The van der Waals surface area contributed by atoms with Gasteiger partial charge in [-0.1, -0.05) is 29.8 Å². The van der Waals surface area contributed by atoms with Gasteiger partial charge in [0.1, 0.15) is 11.5 Å². The molecule has 0 spiro atoms. The number of benzene rings is 2. The Bertz CT molecular complexity index is 523. The van der Waals surface area contributed by atoms with Crippen LogP contribution in [-0.4, -0.2) is 0 Å². The number of ether oxygens (including phenoxy) is 1. The Morgan fingerprint density at radius 3 is 2.47 bits per heavy atom. The van der Waals surface area contributed by atoms with Gasteiger partial charge in [-0.05, 0) is 42.3 Å². The maximum Gasteiger partial charge on any atom is 0.128 e. The maximum absolute atomic E-state index is 6.06. The molecular formula is C14H12Cl2O. The summed E-state index contributed by atoms with van der Waals surface area (Å²) in [6.07, 6.45) is 0. The highest BCUT2D eigenvalue weighted by Gasteiger charge is 2.02. The van der Waals surface area contributed by atoms with Crippen molar-refractivity contribution in [1.29, 1.82) is 0 Å². The second-order valence-corrected chi connectivity index (χ2v) is 4.48. The minimum absolute atomic E-state index is 0.406. The summed E-state index contributed by atoms with van der Waals surface area (Å²) in [4.78, 5) is 0. The minimum Gasteiger partial charge on any atom is -0.457 e. The molecule has 0 saturated carbocycles. The highest BCUT2D eigenvalue weighted by atomic mass is 35.5. The number of hydrogen-bond donors (Lipinski definition) is 0. The summed E-state index contributed by atoms with van der Waals surface area (Å²) in [7, 11) is 0. The molecule has 1 nitrogen and oxygen atoms in total. The van der Waals surface area contributed by atoms with Gasteiger partial charge in [0.2, 0.25) is 0 Å². The lowest BCUT2D eigenvalue weighted by molar-refractivity contribution is 0.482. The van der Waals surface area contributed by atoms with Gasteiger partial charge < -0.3 is 4.74 Å². The van der Waals surface area contributed by atoms with Crippen molar-refractivity contribution in [1.82, 2.24) is 0 Å². The van der Waals surface area contributed by atoms with Crippen LogP contribution in [0.5, 0.6) is 11.5 Å². The lowest BCUT2D eigenvalue weighted by Crippen LogP contribution is -1.87. The second-order valence-electron chi connectivity index (χ2n) is 3.81. The summed E-state index contributed by atoms with van der Waals surface area (Å²) in [5.74, 6) is 1.93. The van der Waals surface area contributed by atoms with Crippen molar-refractivity contribution in [2.45, 2.75) is 12.8 Å². The SMILES string of the molecule is Cc1cccc(Oc2ccc(CCl)c(Cl)c2)c1. The van der Waals surface area contributed by atoms with Crippen molar-refractivity contribution in [3.63, 3.8) is 0 Å². The van der Waals surface area contributed by atoms with Gasteiger partial charge in [0.15, 0.2) is 0 Å². The number of alkyl halides is 1. The first kappa shape index (κ1) is 12.3. The molecule has 2 rings (SSSR count). The fraction of sp³-hybridized carbons (Fsp3) is 0.143. The van der Waals surface area contributed by atoms with Crippen molar-refractivity contribution in [2.75, 3.05) is 0 Å². The van der Waals surface area contributed by atoms with Crippen LogP contribution in [0.25, 0.3) is 0 Å². The minimum atomic E-state index is 0.406. The molecule has 0 N–H and O–H groups in total. The molecule has 0 amide bonds. The van der Waals surface area contributed by atoms with Crippen molar-refractivity contribution < 1.29 is 4.74 Å². The van der Waals surface area contributed by atoms with Crippen LogP contribution in [0.4, 0.5) is 0 Å². The quantitative estimate of drug-likeness (QED) is 0.696. The third-order valence-electron chi connectivity index (χ3n) is 2.39. The van der Waals surface area contributed by atoms with E-state index in [0.29, 0.717) is 10.9 Å². The molecule has 0 saturated heterocycles. The molecule has 0 unspecified atom stereocenters. The van der Waals surface area contributed by atoms with Gasteiger partial charge in [0, 0.05) is 10.9 Å². The maximum atomic E-state index is 6.06. The van der Waals surface area contributed by atoms with E-state index in [9.17, 15) is 0 Å². The topological polar surface area (TPSA) is 9.23 Å². The number of aryl methyl sites for hydroxylation is 1. The summed E-state index contributed by atoms with van der Waals surface area (Å²) in [5, 5.41) is 0.630. The molecule has 0 aliphatic carbocycles. The van der Waals surface area contributed by atoms with Crippen LogP contribution in [0.3, 0.4) is 0 Å². The fourth-order valence-corrected chi connectivity index (χ4v) is 2.05. The average molecular weight is 267 g/mol. The van der Waals surface area contributed by atoms with Crippen LogP contribution in [-0.2, 0) is 5.88 Å². The molecular weight excluding hydrogens is 255 g/mol. The Hall–Kier alpha value is -1.18. The Balaban J connectivity index is 2.22. The van der Waals surface area contributed by atoms with Crippen LogP contribution < -0.4 is 4.74 Å². The molecule has 0 aromatic heterocycles. The van der Waals surface area contributed by atoms with Gasteiger partial charge in [-0.2, -0.15) is 0 Å². The highest BCUT2D eigenvalue weighted by molar-refractivity contribution is 6.32. The summed E-state index contributed by atoms with van der Waals surface area (Å²) < 4.78 is 5.71. The van der Waals surface area contributed by atoms with E-state index < -0.39 is 0 Å². The molecule has 0 radical (unpaired) electrons. The van der Waals surface area contributed by atoms with Gasteiger partial charge in [0.05, 0.1) is 0 Å². The molecule has 17 heavy (non-hydrogen) atoms. The summed E-state index contributed by atoms with van der Waals surface area (Å²) >= 11 is 11.8. The van der Waals surface area contributed by atoms with Crippen LogP contribution in [0.15, 0.2) is 42.5 Å². The van der Waals surface area contributed by atoms with Gasteiger partial charge in [-0.25, -0.2) is 0 Å². The third kappa shape index (κ3) is 3.15. The summed E-state index contributed by atoms with van der Waals surface area (Å²) in [6, 6.07) is 13.4. The third-order valence-corrected chi connectivity index (χ3v) is 3.03. The zero-order valence-corrected chi connectivity index (χ0v) is 10.9. The summed E-state index contributed by atoms with van der Waals surface area (Å²) in [5.41, 5.74) is 2.07. The largest absolute Gasteiger partial charge is 0.457 e. The number of halogens is 2. The Kier molecular flexibility index (Phi) is 3.93. The molecule has 88 valence electrons. The van der Waals surface area contributed by atoms with Crippen molar-refractivity contribution >= 4 is 23.2 Å². The molecule has 2 aromatic carbocycles. The van der Waals surface area contributed by atoms with E-state index in [1.807, 2.05) is 43.3 Å². The van der Waals surface area contributed by atoms with Gasteiger partial charge in [0.25, 0.3) is 0 Å². The molecule has 3 heteroatoms. The van der Waals surface area contributed by atoms with Crippen molar-refractivity contribution in [3.8, 4) is 11.5 Å². The standard InChI is InChI=1S/C14H12Cl2O/c1-10-3-2-4-12(7-10)17-13-6-5-11(9-15)14(16)8-13/h2-8H,9H2,1H3. The molecule has 0 fully saturated rings. The van der Waals surface area contributed by atoms with Crippen molar-refractivity contribution in [3.05, 3.63) is 58.6 Å². The monoisotopic (exact) mass is 266 g/mol. The van der Waals surface area contributed by atoms with Crippen LogP contribution >= 0.6 is 23.2 Å². The Morgan fingerprint density at radius 2 is 1.82 bits per heavy atom. The first-order valence-corrected chi connectivity index (χ1v) is 6.19. The first-order valence-electron chi connectivity index (χ1n) is 5.28. The zero-order chi connectivity index (χ0) is 12.3. The van der Waals surface area contributed by atoms with Gasteiger partial charge in [-0.15, -0.1) is 11.6 Å². The zero-order valence-electron chi connectivity index (χ0n) is 9.41. The lowest BCUT2D eigenvalue weighted by Gasteiger charge is -2.08. The molecule has 0 atom stereocenters. The van der Waals surface area contributed by atoms with Crippen molar-refractivity contribution in [2.24, 2.45) is 0 Å². The normalized spacial score (nSPS) is 10.3. The van der Waals surface area contributed by atoms with E-state index in [1.165, 1.54) is 0 Å². The molecule has 0 heterocycles.